The van der Waals surface area contributed by atoms with Crippen LogP contribution in [-0.4, -0.2) is 6.04 Å². The summed E-state index contributed by atoms with van der Waals surface area (Å²) >= 11 is 0. The van der Waals surface area contributed by atoms with Gasteiger partial charge in [-0.25, -0.2) is 0 Å². The maximum atomic E-state index is 2.29. The first-order valence-corrected chi connectivity index (χ1v) is 4.86. The summed E-state index contributed by atoms with van der Waals surface area (Å²) in [5.74, 6) is 1.25. The van der Waals surface area contributed by atoms with Crippen LogP contribution in [0.4, 0.5) is 5.82 Å². The third kappa shape index (κ3) is 1.56. The van der Waals surface area contributed by atoms with Gasteiger partial charge in [0.25, 0.3) is 0 Å². The van der Waals surface area contributed by atoms with Crippen LogP contribution >= 0.6 is 0 Å². The van der Waals surface area contributed by atoms with Crippen LogP contribution in [-0.2, 0) is 32.7 Å². The summed E-state index contributed by atoms with van der Waals surface area (Å²) in [6, 6.07) is 8.06. The number of aromatic nitrogens is 1. The van der Waals surface area contributed by atoms with E-state index in [1.807, 2.05) is 0 Å². The van der Waals surface area contributed by atoms with Crippen LogP contribution in [0.2, 0.25) is 0 Å². The average molecular weight is 273 g/mol. The maximum Gasteiger partial charge on any atom is 0.178 e. The van der Waals surface area contributed by atoms with E-state index in [1.54, 1.807) is 0 Å². The van der Waals surface area contributed by atoms with Gasteiger partial charge in [0.05, 0.1) is 6.20 Å². The van der Waals surface area contributed by atoms with Crippen LogP contribution in [0.25, 0.3) is 0 Å². The predicted octanol–water partition coefficient (Wildman–Crippen LogP) is 1.64. The molecular formula is C12H12N2Y. The minimum atomic E-state index is 0. The molecule has 2 aliphatic heterocycles. The van der Waals surface area contributed by atoms with Crippen LogP contribution < -0.4 is 9.47 Å². The van der Waals surface area contributed by atoms with Crippen molar-refractivity contribution in [3.8, 4) is 0 Å². The van der Waals surface area contributed by atoms with E-state index in [2.05, 4.69) is 65.2 Å². The van der Waals surface area contributed by atoms with Gasteiger partial charge in [-0.3, -0.25) is 4.90 Å². The number of rotatable bonds is 0. The molecule has 2 nitrogen and oxygen atoms in total. The molecule has 0 amide bonds. The van der Waals surface area contributed by atoms with Gasteiger partial charge in [-0.15, -0.1) is 0 Å². The van der Waals surface area contributed by atoms with E-state index in [4.69, 9.17) is 0 Å². The van der Waals surface area contributed by atoms with Crippen molar-refractivity contribution in [1.29, 1.82) is 0 Å². The monoisotopic (exact) mass is 273 g/mol. The van der Waals surface area contributed by atoms with Crippen LogP contribution in [0.15, 0.2) is 48.8 Å². The Morgan fingerprint density at radius 2 is 2.20 bits per heavy atom. The Bertz CT molecular complexity index is 425. The van der Waals surface area contributed by atoms with Crippen molar-refractivity contribution in [3.63, 3.8) is 0 Å². The summed E-state index contributed by atoms with van der Waals surface area (Å²) in [7, 11) is 0. The van der Waals surface area contributed by atoms with Crippen molar-refractivity contribution in [3.05, 3.63) is 54.9 Å². The largest absolute Gasteiger partial charge is 0.362 e. The number of nitrogens with zero attached hydrogens (tertiary/aromatic N) is 2. The molecule has 1 aromatic rings. The molecule has 1 radical (unpaired) electrons. The second-order valence-electron chi connectivity index (χ2n) is 3.65. The Morgan fingerprint density at radius 1 is 1.33 bits per heavy atom. The van der Waals surface area contributed by atoms with Crippen molar-refractivity contribution in [1.82, 2.24) is 0 Å². The van der Waals surface area contributed by atoms with E-state index in [0.717, 1.165) is 0 Å². The molecule has 15 heavy (non-hydrogen) atoms. The number of fused-ring (bicyclic) bond motifs is 3. The average Bonchev–Trinajstić information content (AvgIpc) is 2.55. The SMILES string of the molecule is C[C-]1C2C=CC=CN2c2cccc[n+]21.[Y]. The molecule has 0 saturated heterocycles. The Morgan fingerprint density at radius 3 is 3.07 bits per heavy atom. The normalized spacial score (nSPS) is 21.0. The minimum Gasteiger partial charge on any atom is -0.362 e. The number of pyridine rings is 1. The number of hydrogen-bond donors (Lipinski definition) is 0. The predicted molar refractivity (Wildman–Crippen MR) is 55.5 cm³/mol. The first kappa shape index (κ1) is 10.9. The molecule has 0 saturated carbocycles. The van der Waals surface area contributed by atoms with Crippen LogP contribution in [0.3, 0.4) is 0 Å². The second kappa shape index (κ2) is 4.11. The Balaban J connectivity index is 0.000000853. The molecule has 1 unspecified atom stereocenters. The zero-order chi connectivity index (χ0) is 9.54. The van der Waals surface area contributed by atoms with Crippen molar-refractivity contribution < 1.29 is 37.3 Å². The fourth-order valence-electron chi connectivity index (χ4n) is 2.14. The molecule has 3 heteroatoms. The van der Waals surface area contributed by atoms with E-state index in [-0.39, 0.29) is 32.7 Å². The zero-order valence-electron chi connectivity index (χ0n) is 8.67. The quantitative estimate of drug-likeness (QED) is 0.515. The van der Waals surface area contributed by atoms with Gasteiger partial charge in [0.15, 0.2) is 5.82 Å². The fraction of sp³-hybridized carbons (Fsp3) is 0.167. The van der Waals surface area contributed by atoms with Gasteiger partial charge in [0, 0.05) is 38.8 Å². The van der Waals surface area contributed by atoms with Gasteiger partial charge in [-0.1, -0.05) is 18.2 Å². The third-order valence-corrected chi connectivity index (χ3v) is 2.86. The summed E-state index contributed by atoms with van der Waals surface area (Å²) < 4.78 is 2.24. The topological polar surface area (TPSA) is 7.12 Å². The number of hydrogen-bond acceptors (Lipinski definition) is 1. The summed E-state index contributed by atoms with van der Waals surface area (Å²) in [4.78, 5) is 2.29. The minimum absolute atomic E-state index is 0. The standard InChI is InChI=1S/C12H12N2.Y/c1-10-11-6-2-4-9-14(11)12-7-3-5-8-13(10)12;/h2-9,11H,1H3;. The molecule has 2 aliphatic rings. The zero-order valence-corrected chi connectivity index (χ0v) is 11.5. The van der Waals surface area contributed by atoms with Crippen molar-refractivity contribution >= 4 is 5.82 Å². The summed E-state index contributed by atoms with van der Waals surface area (Å²) in [6.07, 6.45) is 10.7. The van der Waals surface area contributed by atoms with Gasteiger partial charge in [0.2, 0.25) is 0 Å². The first-order chi connectivity index (χ1) is 6.88. The smallest absolute Gasteiger partial charge is 0.178 e. The van der Waals surface area contributed by atoms with E-state index >= 15 is 0 Å². The molecule has 0 bridgehead atoms. The Kier molecular flexibility index (Phi) is 2.99. The van der Waals surface area contributed by atoms with Crippen LogP contribution in [0.5, 0.6) is 0 Å². The van der Waals surface area contributed by atoms with Gasteiger partial charge in [-0.2, -0.15) is 0 Å². The molecule has 0 aromatic carbocycles. The first-order valence-electron chi connectivity index (χ1n) is 4.86. The van der Waals surface area contributed by atoms with Crippen molar-refractivity contribution in [2.75, 3.05) is 4.90 Å². The molecule has 1 aromatic heterocycles. The maximum absolute atomic E-state index is 2.29. The summed E-state index contributed by atoms with van der Waals surface area (Å²) in [5.41, 5.74) is 0. The molecule has 3 heterocycles. The van der Waals surface area contributed by atoms with Gasteiger partial charge in [0.1, 0.15) is 6.04 Å². The van der Waals surface area contributed by atoms with Gasteiger partial charge >= 0.3 is 0 Å². The molecule has 3 rings (SSSR count). The number of allylic oxidation sites excluding steroid dienone is 2. The molecule has 0 spiro atoms. The molecule has 0 fully saturated rings. The Labute approximate surface area is 115 Å². The van der Waals surface area contributed by atoms with E-state index < -0.39 is 0 Å². The number of anilines is 1. The van der Waals surface area contributed by atoms with E-state index in [9.17, 15) is 0 Å². The Hall–Kier alpha value is -0.596. The van der Waals surface area contributed by atoms with E-state index in [1.165, 1.54) is 11.9 Å². The second-order valence-corrected chi connectivity index (χ2v) is 3.65. The third-order valence-electron chi connectivity index (χ3n) is 2.86. The summed E-state index contributed by atoms with van der Waals surface area (Å²) in [5, 5.41) is 0. The molecule has 1 atom stereocenters. The van der Waals surface area contributed by atoms with Crippen molar-refractivity contribution in [2.45, 2.75) is 13.0 Å². The van der Waals surface area contributed by atoms with E-state index in [0.29, 0.717) is 6.04 Å². The molecule has 73 valence electrons. The summed E-state index contributed by atoms with van der Waals surface area (Å²) in [6.45, 7) is 2.18. The molecular weight excluding hydrogens is 261 g/mol. The fourth-order valence-corrected chi connectivity index (χ4v) is 2.14. The van der Waals surface area contributed by atoms with Crippen LogP contribution in [0.1, 0.15) is 6.92 Å². The molecule has 0 N–H and O–H groups in total. The van der Waals surface area contributed by atoms with Crippen LogP contribution in [0, 0.1) is 6.04 Å². The van der Waals surface area contributed by atoms with Gasteiger partial charge < -0.3 is 4.57 Å². The molecule has 0 aliphatic carbocycles. The van der Waals surface area contributed by atoms with Crippen molar-refractivity contribution in [2.24, 2.45) is 0 Å². The van der Waals surface area contributed by atoms with Gasteiger partial charge in [-0.05, 0) is 31.3 Å².